The second-order valence-electron chi connectivity index (χ2n) is 7.31. The van der Waals surface area contributed by atoms with Crippen LogP contribution in [0.5, 0.6) is 0 Å². The molecule has 156 valence electrons. The monoisotopic (exact) mass is 399 g/mol. The summed E-state index contributed by atoms with van der Waals surface area (Å²) in [5, 5.41) is 8.62. The molecule has 0 N–H and O–H groups in total. The average molecular weight is 399 g/mol. The second kappa shape index (κ2) is 10.6. The molecule has 29 heavy (non-hydrogen) atoms. The Morgan fingerprint density at radius 3 is 2.72 bits per heavy atom. The molecular formula is C22H29N3O4. The Morgan fingerprint density at radius 2 is 2.03 bits per heavy atom. The summed E-state index contributed by atoms with van der Waals surface area (Å²) in [7, 11) is 1.66. The van der Waals surface area contributed by atoms with E-state index < -0.39 is 6.04 Å². The molecule has 0 aromatic heterocycles. The highest BCUT2D eigenvalue weighted by atomic mass is 16.5. The van der Waals surface area contributed by atoms with E-state index in [2.05, 4.69) is 6.07 Å². The van der Waals surface area contributed by atoms with E-state index >= 15 is 0 Å². The minimum absolute atomic E-state index is 0.0461. The fraction of sp³-hybridized carbons (Fsp3) is 0.545. The summed E-state index contributed by atoms with van der Waals surface area (Å²) in [6.45, 7) is 3.69. The molecule has 1 aromatic carbocycles. The fourth-order valence-corrected chi connectivity index (χ4v) is 3.45. The summed E-state index contributed by atoms with van der Waals surface area (Å²) in [5.74, 6) is -0.831. The van der Waals surface area contributed by atoms with Crippen LogP contribution in [0.15, 0.2) is 18.2 Å². The van der Waals surface area contributed by atoms with Gasteiger partial charge in [-0.3, -0.25) is 14.4 Å². The Balaban J connectivity index is 2.21. The molecule has 2 amide bonds. The van der Waals surface area contributed by atoms with Gasteiger partial charge < -0.3 is 14.5 Å². The van der Waals surface area contributed by atoms with Gasteiger partial charge in [-0.15, -0.1) is 0 Å². The van der Waals surface area contributed by atoms with Gasteiger partial charge in [0.05, 0.1) is 30.3 Å². The van der Waals surface area contributed by atoms with Gasteiger partial charge in [-0.05, 0) is 50.8 Å². The zero-order chi connectivity index (χ0) is 21.4. The van der Waals surface area contributed by atoms with Gasteiger partial charge >= 0.3 is 5.97 Å². The summed E-state index contributed by atoms with van der Waals surface area (Å²) < 4.78 is 4.99. The third kappa shape index (κ3) is 5.80. The fourth-order valence-electron chi connectivity index (χ4n) is 3.45. The number of hydrogen-bond donors (Lipinski definition) is 0. The lowest BCUT2D eigenvalue weighted by Gasteiger charge is -2.26. The number of ether oxygens (including phenoxy) is 1. The Morgan fingerprint density at radius 1 is 1.28 bits per heavy atom. The highest BCUT2D eigenvalue weighted by Gasteiger charge is 2.33. The summed E-state index contributed by atoms with van der Waals surface area (Å²) in [6.07, 6.45) is 4.18. The maximum absolute atomic E-state index is 13.2. The van der Waals surface area contributed by atoms with E-state index in [0.717, 1.165) is 31.2 Å². The lowest BCUT2D eigenvalue weighted by Crippen LogP contribution is -2.44. The third-order valence-electron chi connectivity index (χ3n) is 5.15. The van der Waals surface area contributed by atoms with E-state index in [1.807, 2.05) is 18.2 Å². The van der Waals surface area contributed by atoms with E-state index in [1.165, 1.54) is 9.80 Å². The Kier molecular flexibility index (Phi) is 8.20. The highest BCUT2D eigenvalue weighted by Crippen LogP contribution is 2.28. The van der Waals surface area contributed by atoms with Crippen molar-refractivity contribution in [3.63, 3.8) is 0 Å². The van der Waals surface area contributed by atoms with Gasteiger partial charge in [0.25, 0.3) is 5.91 Å². The molecule has 0 saturated carbocycles. The van der Waals surface area contributed by atoms with Crippen molar-refractivity contribution >= 4 is 23.5 Å². The van der Waals surface area contributed by atoms with E-state index in [4.69, 9.17) is 10.00 Å². The molecule has 0 aliphatic carbocycles. The van der Waals surface area contributed by atoms with Crippen LogP contribution in [0.2, 0.25) is 0 Å². The van der Waals surface area contributed by atoms with Gasteiger partial charge in [0, 0.05) is 19.5 Å². The van der Waals surface area contributed by atoms with Gasteiger partial charge in [0.15, 0.2) is 0 Å². The molecule has 1 aliphatic rings. The van der Waals surface area contributed by atoms with Gasteiger partial charge in [-0.2, -0.15) is 5.26 Å². The van der Waals surface area contributed by atoms with Crippen LogP contribution >= 0.6 is 0 Å². The number of anilines is 1. The quantitative estimate of drug-likeness (QED) is 0.470. The molecule has 0 radical (unpaired) electrons. The number of carbonyl (C=O) groups excluding carboxylic acids is 3. The Bertz CT molecular complexity index is 800. The number of likely N-dealkylation sites (N-methyl/N-ethyl adjacent to an activating group) is 1. The maximum Gasteiger partial charge on any atom is 0.307 e. The minimum Gasteiger partial charge on any atom is -0.466 e. The summed E-state index contributed by atoms with van der Waals surface area (Å²) >= 11 is 0. The van der Waals surface area contributed by atoms with Crippen LogP contribution in [0, 0.1) is 11.3 Å². The number of hydrogen-bond acceptors (Lipinski definition) is 5. The second-order valence-corrected chi connectivity index (χ2v) is 7.31. The number of aryl methyl sites for hydroxylation is 1. The summed E-state index contributed by atoms with van der Waals surface area (Å²) in [5.41, 5.74) is 2.08. The first-order valence-electron chi connectivity index (χ1n) is 10.1. The lowest BCUT2D eigenvalue weighted by atomic mass is 10.0. The molecule has 1 atom stereocenters. The van der Waals surface area contributed by atoms with Crippen LogP contribution in [-0.2, 0) is 20.7 Å². The number of esters is 1. The molecule has 7 nitrogen and oxygen atoms in total. The number of rotatable bonds is 9. The van der Waals surface area contributed by atoms with Crippen LogP contribution in [-0.4, -0.2) is 48.9 Å². The highest BCUT2D eigenvalue weighted by molar-refractivity contribution is 6.09. The van der Waals surface area contributed by atoms with Gasteiger partial charge in [0.2, 0.25) is 5.91 Å². The van der Waals surface area contributed by atoms with Crippen LogP contribution < -0.4 is 4.90 Å². The lowest BCUT2D eigenvalue weighted by molar-refractivity contribution is -0.144. The first-order chi connectivity index (χ1) is 13.9. The van der Waals surface area contributed by atoms with Crippen molar-refractivity contribution in [3.05, 3.63) is 29.3 Å². The molecule has 1 aromatic rings. The average Bonchev–Trinajstić information content (AvgIpc) is 2.78. The van der Waals surface area contributed by atoms with E-state index in [9.17, 15) is 14.4 Å². The molecule has 0 saturated heterocycles. The zero-order valence-electron chi connectivity index (χ0n) is 17.4. The molecule has 1 unspecified atom stereocenters. The molecule has 0 fully saturated rings. The van der Waals surface area contributed by atoms with Crippen molar-refractivity contribution in [3.8, 4) is 6.07 Å². The number of nitriles is 1. The van der Waals surface area contributed by atoms with Crippen molar-refractivity contribution in [2.45, 2.75) is 58.4 Å². The molecule has 0 bridgehead atoms. The molecule has 0 spiro atoms. The number of carbonyl (C=O) groups is 3. The topological polar surface area (TPSA) is 90.7 Å². The number of unbranched alkanes of at least 4 members (excludes halogenated alkanes) is 3. The molecule has 7 heteroatoms. The zero-order valence-corrected chi connectivity index (χ0v) is 17.4. The third-order valence-corrected chi connectivity index (χ3v) is 5.15. The molecular weight excluding hydrogens is 370 g/mol. The van der Waals surface area contributed by atoms with Gasteiger partial charge in [0.1, 0.15) is 6.54 Å². The number of benzene rings is 1. The van der Waals surface area contributed by atoms with Crippen molar-refractivity contribution in [2.75, 3.05) is 25.1 Å². The number of nitrogens with zero attached hydrogens (tertiary/aromatic N) is 3. The first kappa shape index (κ1) is 22.4. The summed E-state index contributed by atoms with van der Waals surface area (Å²) in [6, 6.07) is 7.31. The Hall–Kier alpha value is -2.88. The van der Waals surface area contributed by atoms with Crippen LogP contribution in [0.1, 0.15) is 61.9 Å². The SMILES string of the molecule is CCOC(=O)CC(C)N1CC(=O)N(C)c2ccc(CCCCCC#N)cc2C1=O. The smallest absolute Gasteiger partial charge is 0.307 e. The number of amides is 2. The standard InChI is InChI=1S/C22H29N3O4/c1-4-29-21(27)13-16(2)25-15-20(26)24(3)19-11-10-17(14-18(19)22(25)28)9-7-5-6-8-12-23/h10-11,14,16H,4-9,13,15H2,1-3H3. The maximum atomic E-state index is 13.2. The van der Waals surface area contributed by atoms with Crippen molar-refractivity contribution < 1.29 is 19.1 Å². The normalized spacial score (nSPS) is 14.8. The van der Waals surface area contributed by atoms with Crippen LogP contribution in [0.25, 0.3) is 0 Å². The van der Waals surface area contributed by atoms with Crippen molar-refractivity contribution in [2.24, 2.45) is 0 Å². The number of fused-ring (bicyclic) bond motifs is 1. The van der Waals surface area contributed by atoms with E-state index in [-0.39, 0.29) is 37.4 Å². The molecule has 1 heterocycles. The Labute approximate surface area is 172 Å². The van der Waals surface area contributed by atoms with Gasteiger partial charge in [-0.1, -0.05) is 12.5 Å². The summed E-state index contributed by atoms with van der Waals surface area (Å²) in [4.78, 5) is 40.6. The largest absolute Gasteiger partial charge is 0.466 e. The predicted octanol–water partition coefficient (Wildman–Crippen LogP) is 3.07. The first-order valence-corrected chi connectivity index (χ1v) is 10.1. The molecule has 2 rings (SSSR count). The molecule has 1 aliphatic heterocycles. The van der Waals surface area contributed by atoms with Gasteiger partial charge in [-0.25, -0.2) is 0 Å². The van der Waals surface area contributed by atoms with E-state index in [0.29, 0.717) is 17.7 Å². The minimum atomic E-state index is -0.445. The van der Waals surface area contributed by atoms with Crippen molar-refractivity contribution in [1.29, 1.82) is 5.26 Å². The van der Waals surface area contributed by atoms with Crippen LogP contribution in [0.3, 0.4) is 0 Å². The predicted molar refractivity (Wildman–Crippen MR) is 109 cm³/mol. The van der Waals surface area contributed by atoms with E-state index in [1.54, 1.807) is 20.9 Å². The van der Waals surface area contributed by atoms with Crippen LogP contribution in [0.4, 0.5) is 5.69 Å². The van der Waals surface area contributed by atoms with Crippen molar-refractivity contribution in [1.82, 2.24) is 4.90 Å².